The van der Waals surface area contributed by atoms with Crippen LogP contribution in [0.3, 0.4) is 0 Å². The monoisotopic (exact) mass is 912 g/mol. The van der Waals surface area contributed by atoms with E-state index in [2.05, 4.69) is 69.0 Å². The minimum absolute atomic E-state index is 0.170. The molecule has 2 aromatic heterocycles. The Morgan fingerprint density at radius 3 is 1.52 bits per heavy atom. The van der Waals surface area contributed by atoms with Crippen LogP contribution in [0.25, 0.3) is 21.6 Å². The van der Waals surface area contributed by atoms with Crippen molar-refractivity contribution in [3.05, 3.63) is 121 Å². The lowest BCUT2D eigenvalue weighted by Gasteiger charge is -2.38. The molecule has 2 fully saturated rings. The predicted octanol–water partition coefficient (Wildman–Crippen LogP) is 8.66. The molecule has 2 aliphatic heterocycles. The van der Waals surface area contributed by atoms with Crippen LogP contribution >= 0.6 is 11.3 Å². The Kier molecular flexibility index (Phi) is 14.1. The van der Waals surface area contributed by atoms with Crippen molar-refractivity contribution in [1.29, 1.82) is 0 Å². The SMILES string of the molecule is COc1ccc(N2C[C@@H](C)N[C@@H](C)C2)cc1NS(=O)(=O)c1cccc(-c2cc(C)cs2)c1.COc1ccc(N2C[C@@H](C)N[C@@H](C)C2)cc1NS(=O)(=O)c1cccc(-c2ccoc2)c1. The third-order valence-electron chi connectivity index (χ3n) is 10.9. The molecule has 0 amide bonds. The zero-order valence-electron chi connectivity index (χ0n) is 36.6. The second-order valence-electron chi connectivity index (χ2n) is 16.3. The number of thiophene rings is 1. The van der Waals surface area contributed by atoms with Gasteiger partial charge in [-0.1, -0.05) is 24.3 Å². The summed E-state index contributed by atoms with van der Waals surface area (Å²) in [7, 11) is -4.54. The molecule has 13 nitrogen and oxygen atoms in total. The fourth-order valence-electron chi connectivity index (χ4n) is 8.10. The van der Waals surface area contributed by atoms with E-state index in [9.17, 15) is 16.8 Å². The lowest BCUT2D eigenvalue weighted by atomic mass is 10.1. The van der Waals surface area contributed by atoms with Crippen LogP contribution in [-0.4, -0.2) is 81.4 Å². The molecule has 0 unspecified atom stereocenters. The Bertz CT molecular complexity index is 2700. The van der Waals surface area contributed by atoms with E-state index in [-0.39, 0.29) is 9.79 Å². The van der Waals surface area contributed by atoms with Crippen molar-refractivity contribution in [3.8, 4) is 33.1 Å². The van der Waals surface area contributed by atoms with Crippen molar-refractivity contribution in [1.82, 2.24) is 10.6 Å². The van der Waals surface area contributed by atoms with Gasteiger partial charge in [0.1, 0.15) is 11.5 Å². The van der Waals surface area contributed by atoms with E-state index in [1.165, 1.54) is 7.11 Å². The van der Waals surface area contributed by atoms with Crippen molar-refractivity contribution in [2.24, 2.45) is 0 Å². The zero-order chi connectivity index (χ0) is 44.9. The highest BCUT2D eigenvalue weighted by atomic mass is 32.2. The molecule has 0 radical (unpaired) electrons. The Hall–Kier alpha value is -5.52. The van der Waals surface area contributed by atoms with Gasteiger partial charge in [-0.2, -0.15) is 0 Å². The minimum atomic E-state index is -3.82. The van der Waals surface area contributed by atoms with Crippen molar-refractivity contribution < 1.29 is 30.7 Å². The molecule has 4 aromatic carbocycles. The highest BCUT2D eigenvalue weighted by Crippen LogP contribution is 2.35. The highest BCUT2D eigenvalue weighted by Gasteiger charge is 2.25. The van der Waals surface area contributed by atoms with Crippen LogP contribution in [0.4, 0.5) is 22.7 Å². The number of ether oxygens (including phenoxy) is 2. The van der Waals surface area contributed by atoms with E-state index < -0.39 is 20.0 Å². The topological polar surface area (TPSA) is 154 Å². The van der Waals surface area contributed by atoms with Crippen LogP contribution in [0.5, 0.6) is 11.5 Å². The third kappa shape index (κ3) is 11.2. The minimum Gasteiger partial charge on any atom is -0.495 e. The normalized spacial score (nSPS) is 19.2. The first-order chi connectivity index (χ1) is 30.1. The van der Waals surface area contributed by atoms with Gasteiger partial charge in [0, 0.05) is 72.2 Å². The first kappa shape index (κ1) is 45.5. The standard InChI is InChI=1S/C24H29N3O3S2.C23H27N3O4S/c1-16-10-24(31-15-16)19-6-5-7-21(11-19)32(28,29)26-22-12-20(8-9-23(22)30-4)27-13-17(2)25-18(3)14-27;1-16-13-26(14-17(2)24-16)20-7-8-23(29-3)22(12-20)25-31(27,28)21-6-4-5-18(11-21)19-9-10-30-15-19/h5-12,15,17-18,25-26H,13-14H2,1-4H3;4-12,15-17,24-25H,13-14H2,1-3H3/t17-,18+;16-,17+. The molecular weight excluding hydrogens is 857 g/mol. The number of nitrogens with zero attached hydrogens (tertiary/aromatic N) is 2. The van der Waals surface area contributed by atoms with Crippen LogP contribution in [-0.2, 0) is 20.0 Å². The Balaban J connectivity index is 0.000000189. The lowest BCUT2D eigenvalue weighted by Crippen LogP contribution is -2.54. The van der Waals surface area contributed by atoms with Gasteiger partial charge in [-0.3, -0.25) is 9.44 Å². The van der Waals surface area contributed by atoms with Crippen molar-refractivity contribution in [2.45, 2.75) is 68.6 Å². The van der Waals surface area contributed by atoms with E-state index in [1.54, 1.807) is 79.5 Å². The van der Waals surface area contributed by atoms with Crippen LogP contribution < -0.4 is 39.4 Å². The Morgan fingerprint density at radius 2 is 1.10 bits per heavy atom. The summed E-state index contributed by atoms with van der Waals surface area (Å²) in [5, 5.41) is 9.09. The highest BCUT2D eigenvalue weighted by molar-refractivity contribution is 7.93. The fraction of sp³-hybridized carbons (Fsp3) is 0.319. The number of benzene rings is 4. The van der Waals surface area contributed by atoms with Crippen LogP contribution in [0.1, 0.15) is 33.3 Å². The number of nitrogens with one attached hydrogen (secondary N) is 4. The summed E-state index contributed by atoms with van der Waals surface area (Å²) in [5.74, 6) is 0.952. The van der Waals surface area contributed by atoms with E-state index >= 15 is 0 Å². The van der Waals surface area contributed by atoms with Crippen molar-refractivity contribution in [3.63, 3.8) is 0 Å². The quantitative estimate of drug-likeness (QED) is 0.0933. The molecule has 63 heavy (non-hydrogen) atoms. The zero-order valence-corrected chi connectivity index (χ0v) is 39.0. The molecule has 16 heteroatoms. The largest absolute Gasteiger partial charge is 0.495 e. The van der Waals surface area contributed by atoms with Gasteiger partial charge in [-0.15, -0.1) is 11.3 Å². The maximum Gasteiger partial charge on any atom is 0.262 e. The molecule has 4 N–H and O–H groups in total. The van der Waals surface area contributed by atoms with Gasteiger partial charge in [0.15, 0.2) is 0 Å². The van der Waals surface area contributed by atoms with Crippen LogP contribution in [0.15, 0.2) is 129 Å². The molecular formula is C47H56N6O7S3. The summed E-state index contributed by atoms with van der Waals surface area (Å²) in [4.78, 5) is 5.95. The first-order valence-electron chi connectivity index (χ1n) is 20.8. The van der Waals surface area contributed by atoms with E-state index in [0.717, 1.165) is 64.7 Å². The summed E-state index contributed by atoms with van der Waals surface area (Å²) in [6, 6.07) is 30.3. The predicted molar refractivity (Wildman–Crippen MR) is 255 cm³/mol. The summed E-state index contributed by atoms with van der Waals surface area (Å²) >= 11 is 1.60. The van der Waals surface area contributed by atoms with Gasteiger partial charge in [0.05, 0.1) is 47.9 Å². The molecule has 2 saturated heterocycles. The number of furan rings is 1. The summed E-state index contributed by atoms with van der Waals surface area (Å²) in [6.07, 6.45) is 3.14. The smallest absolute Gasteiger partial charge is 0.262 e. The number of rotatable bonds is 12. The molecule has 6 aromatic rings. The van der Waals surface area contributed by atoms with Crippen LogP contribution in [0, 0.1) is 6.92 Å². The van der Waals surface area contributed by atoms with E-state index in [0.29, 0.717) is 47.0 Å². The summed E-state index contributed by atoms with van der Waals surface area (Å²) in [6.45, 7) is 14.0. The number of hydrogen-bond acceptors (Lipinski definition) is 12. The maximum atomic E-state index is 13.3. The first-order valence-corrected chi connectivity index (χ1v) is 24.7. The Labute approximate surface area is 375 Å². The van der Waals surface area contributed by atoms with Gasteiger partial charge in [0.2, 0.25) is 0 Å². The number of methoxy groups -OCH3 is 2. The molecule has 2 aliphatic rings. The molecule has 0 aliphatic carbocycles. The number of piperazine rings is 2. The lowest BCUT2D eigenvalue weighted by molar-refractivity contribution is 0.406. The van der Waals surface area contributed by atoms with E-state index in [1.807, 2.05) is 49.4 Å². The van der Waals surface area contributed by atoms with Gasteiger partial charge in [0.25, 0.3) is 20.0 Å². The van der Waals surface area contributed by atoms with Crippen molar-refractivity contribution in [2.75, 3.05) is 59.6 Å². The molecule has 0 spiro atoms. The van der Waals surface area contributed by atoms with Gasteiger partial charge in [-0.25, -0.2) is 16.8 Å². The molecule has 334 valence electrons. The summed E-state index contributed by atoms with van der Waals surface area (Å²) < 4.78 is 74.3. The number of aryl methyl sites for hydroxylation is 1. The average molecular weight is 913 g/mol. The molecule has 4 heterocycles. The molecule has 4 atom stereocenters. The van der Waals surface area contributed by atoms with Crippen molar-refractivity contribution >= 4 is 54.1 Å². The van der Waals surface area contributed by atoms with Gasteiger partial charge in [-0.05, 0) is 129 Å². The van der Waals surface area contributed by atoms with Gasteiger partial charge < -0.3 is 34.3 Å². The maximum absolute atomic E-state index is 13.3. The van der Waals surface area contributed by atoms with Crippen LogP contribution in [0.2, 0.25) is 0 Å². The molecule has 0 saturated carbocycles. The summed E-state index contributed by atoms with van der Waals surface area (Å²) in [5.41, 5.74) is 6.38. The number of sulfonamides is 2. The van der Waals surface area contributed by atoms with Gasteiger partial charge >= 0.3 is 0 Å². The number of anilines is 4. The second-order valence-corrected chi connectivity index (χ2v) is 20.6. The second kappa shape index (κ2) is 19.5. The Morgan fingerprint density at radius 1 is 0.619 bits per heavy atom. The average Bonchev–Trinajstić information content (AvgIpc) is 3.96. The number of hydrogen-bond donors (Lipinski definition) is 4. The molecule has 8 rings (SSSR count). The fourth-order valence-corrected chi connectivity index (χ4v) is 11.2. The van der Waals surface area contributed by atoms with E-state index in [4.69, 9.17) is 13.9 Å². The molecule has 0 bridgehead atoms. The third-order valence-corrected chi connectivity index (χ3v) is 14.7.